The van der Waals surface area contributed by atoms with Crippen molar-refractivity contribution in [3.8, 4) is 0 Å². The molecule has 0 aliphatic rings. The molecule has 1 amide bonds. The van der Waals surface area contributed by atoms with Gasteiger partial charge in [0.2, 0.25) is 5.91 Å². The number of nitrogens with one attached hydrogen (secondary N) is 3. The molecule has 1 aromatic rings. The van der Waals surface area contributed by atoms with Gasteiger partial charge in [0.15, 0.2) is 0 Å². The van der Waals surface area contributed by atoms with Crippen molar-refractivity contribution >= 4 is 17.5 Å². The second kappa shape index (κ2) is 7.47. The van der Waals surface area contributed by atoms with Crippen LogP contribution in [0.15, 0.2) is 6.07 Å². The molecule has 0 atom stereocenters. The van der Waals surface area contributed by atoms with Crippen molar-refractivity contribution < 1.29 is 4.79 Å². The quantitative estimate of drug-likeness (QED) is 0.677. The maximum Gasteiger partial charge on any atom is 0.239 e. The van der Waals surface area contributed by atoms with Gasteiger partial charge in [-0.2, -0.15) is 0 Å². The molecule has 0 aliphatic carbocycles. The van der Waals surface area contributed by atoms with Gasteiger partial charge in [0.05, 0.1) is 6.54 Å². The van der Waals surface area contributed by atoms with Gasteiger partial charge in [-0.05, 0) is 20.3 Å². The van der Waals surface area contributed by atoms with E-state index in [0.717, 1.165) is 18.8 Å². The maximum absolute atomic E-state index is 11.3. The summed E-state index contributed by atoms with van der Waals surface area (Å²) in [6.07, 6.45) is 1.03. The molecule has 6 nitrogen and oxygen atoms in total. The smallest absolute Gasteiger partial charge is 0.239 e. The summed E-state index contributed by atoms with van der Waals surface area (Å²) < 4.78 is 0. The van der Waals surface area contributed by atoms with Gasteiger partial charge in [-0.15, -0.1) is 0 Å². The Bertz CT molecular complexity index is 394. The topological polar surface area (TPSA) is 78.9 Å². The third-order valence-corrected chi connectivity index (χ3v) is 2.20. The molecule has 3 N–H and O–H groups in total. The monoisotopic (exact) mass is 251 g/mol. The Balaban J connectivity index is 2.59. The number of carbonyl (C=O) groups excluding carboxylic acids is 1. The predicted molar refractivity (Wildman–Crippen MR) is 72.7 cm³/mol. The van der Waals surface area contributed by atoms with Crippen LogP contribution in [-0.2, 0) is 4.79 Å². The minimum absolute atomic E-state index is 0.0446. The number of hydrogen-bond donors (Lipinski definition) is 3. The highest BCUT2D eigenvalue weighted by Gasteiger charge is 2.03. The normalized spacial score (nSPS) is 9.94. The first-order valence-electron chi connectivity index (χ1n) is 6.25. The number of rotatable bonds is 7. The molecule has 0 aromatic carbocycles. The lowest BCUT2D eigenvalue weighted by Crippen LogP contribution is -2.29. The molecule has 1 rings (SSSR count). The van der Waals surface area contributed by atoms with Crippen LogP contribution in [0.25, 0.3) is 0 Å². The van der Waals surface area contributed by atoms with Crippen molar-refractivity contribution in [1.29, 1.82) is 0 Å². The largest absolute Gasteiger partial charge is 0.370 e. The molecule has 1 aromatic heterocycles. The van der Waals surface area contributed by atoms with Gasteiger partial charge >= 0.3 is 0 Å². The molecular weight excluding hydrogens is 230 g/mol. The zero-order valence-electron chi connectivity index (χ0n) is 11.2. The van der Waals surface area contributed by atoms with E-state index in [2.05, 4.69) is 32.8 Å². The molecule has 6 heteroatoms. The lowest BCUT2D eigenvalue weighted by Gasteiger charge is -2.09. The van der Waals surface area contributed by atoms with Crippen LogP contribution in [0.1, 0.15) is 26.1 Å². The van der Waals surface area contributed by atoms with Crippen molar-refractivity contribution in [3.05, 3.63) is 11.9 Å². The van der Waals surface area contributed by atoms with E-state index in [9.17, 15) is 4.79 Å². The van der Waals surface area contributed by atoms with Crippen molar-refractivity contribution in [2.75, 3.05) is 30.3 Å². The van der Waals surface area contributed by atoms with E-state index in [1.807, 2.05) is 19.9 Å². The second-order valence-corrected chi connectivity index (χ2v) is 3.92. The molecule has 0 unspecified atom stereocenters. The summed E-state index contributed by atoms with van der Waals surface area (Å²) in [4.78, 5) is 19.8. The highest BCUT2D eigenvalue weighted by molar-refractivity contribution is 5.80. The van der Waals surface area contributed by atoms with Crippen LogP contribution in [0.4, 0.5) is 11.6 Å². The van der Waals surface area contributed by atoms with Crippen LogP contribution in [0.3, 0.4) is 0 Å². The average Bonchev–Trinajstić information content (AvgIpc) is 2.34. The Kier molecular flexibility index (Phi) is 5.90. The maximum atomic E-state index is 11.3. The fourth-order valence-electron chi connectivity index (χ4n) is 1.43. The minimum atomic E-state index is -0.0446. The summed E-state index contributed by atoms with van der Waals surface area (Å²) in [5.41, 5.74) is 0. The number of hydrogen-bond acceptors (Lipinski definition) is 5. The molecule has 0 fully saturated rings. The fourth-order valence-corrected chi connectivity index (χ4v) is 1.43. The summed E-state index contributed by atoms with van der Waals surface area (Å²) >= 11 is 0. The molecule has 0 aliphatic heterocycles. The van der Waals surface area contributed by atoms with Gasteiger partial charge in [0.25, 0.3) is 0 Å². The number of anilines is 2. The molecule has 1 heterocycles. The van der Waals surface area contributed by atoms with E-state index in [1.165, 1.54) is 0 Å². The van der Waals surface area contributed by atoms with E-state index in [1.54, 1.807) is 0 Å². The first-order valence-corrected chi connectivity index (χ1v) is 6.25. The number of aryl methyl sites for hydroxylation is 1. The van der Waals surface area contributed by atoms with Crippen molar-refractivity contribution in [3.63, 3.8) is 0 Å². The molecule has 0 bridgehead atoms. The summed E-state index contributed by atoms with van der Waals surface area (Å²) in [5, 5.41) is 8.90. The highest BCUT2D eigenvalue weighted by atomic mass is 16.1. The number of nitrogens with zero attached hydrogens (tertiary/aromatic N) is 2. The highest BCUT2D eigenvalue weighted by Crippen LogP contribution is 2.10. The molecular formula is C12H21N5O. The summed E-state index contributed by atoms with van der Waals surface area (Å²) in [6, 6.07) is 1.81. The zero-order valence-corrected chi connectivity index (χ0v) is 11.2. The third-order valence-electron chi connectivity index (χ3n) is 2.20. The average molecular weight is 251 g/mol. The van der Waals surface area contributed by atoms with Crippen LogP contribution < -0.4 is 16.0 Å². The summed E-state index contributed by atoms with van der Waals surface area (Å²) in [7, 11) is 0. The molecule has 18 heavy (non-hydrogen) atoms. The first-order chi connectivity index (χ1) is 8.65. The van der Waals surface area contributed by atoms with Crippen molar-refractivity contribution in [2.45, 2.75) is 27.2 Å². The van der Waals surface area contributed by atoms with Gasteiger partial charge in [-0.25, -0.2) is 9.97 Å². The lowest BCUT2D eigenvalue weighted by molar-refractivity contribution is -0.119. The van der Waals surface area contributed by atoms with Crippen LogP contribution in [0.2, 0.25) is 0 Å². The van der Waals surface area contributed by atoms with E-state index >= 15 is 0 Å². The number of carbonyl (C=O) groups is 1. The van der Waals surface area contributed by atoms with Crippen LogP contribution in [0.5, 0.6) is 0 Å². The lowest BCUT2D eigenvalue weighted by atomic mass is 10.4. The molecule has 0 saturated carbocycles. The SMILES string of the molecule is CCCNc1cc(NCC(=O)NCC)nc(C)n1. The Morgan fingerprint density at radius 2 is 1.89 bits per heavy atom. The standard InChI is InChI=1S/C12H21N5O/c1-4-6-14-10-7-11(17-9(3)16-10)15-8-12(18)13-5-2/h7H,4-6,8H2,1-3H3,(H,13,18)(H2,14,15,16,17). The minimum Gasteiger partial charge on any atom is -0.370 e. The Labute approximate surface area is 108 Å². The fraction of sp³-hybridized carbons (Fsp3) is 0.583. The van der Waals surface area contributed by atoms with E-state index in [-0.39, 0.29) is 12.5 Å². The zero-order chi connectivity index (χ0) is 13.4. The van der Waals surface area contributed by atoms with Gasteiger partial charge in [0.1, 0.15) is 17.5 Å². The van der Waals surface area contributed by atoms with Gasteiger partial charge in [-0.1, -0.05) is 6.92 Å². The molecule has 0 spiro atoms. The van der Waals surface area contributed by atoms with E-state index in [4.69, 9.17) is 0 Å². The molecule has 0 saturated heterocycles. The Hall–Kier alpha value is -1.85. The van der Waals surface area contributed by atoms with Crippen LogP contribution in [0, 0.1) is 6.92 Å². The van der Waals surface area contributed by atoms with Gasteiger partial charge in [-0.3, -0.25) is 4.79 Å². The second-order valence-electron chi connectivity index (χ2n) is 3.92. The summed E-state index contributed by atoms with van der Waals surface area (Å²) in [6.45, 7) is 7.53. The Morgan fingerprint density at radius 1 is 1.22 bits per heavy atom. The molecule has 100 valence electrons. The van der Waals surface area contributed by atoms with Crippen molar-refractivity contribution in [2.24, 2.45) is 0 Å². The number of likely N-dealkylation sites (N-methyl/N-ethyl adjacent to an activating group) is 1. The third kappa shape index (κ3) is 4.99. The summed E-state index contributed by atoms with van der Waals surface area (Å²) in [5.74, 6) is 2.07. The number of aromatic nitrogens is 2. The van der Waals surface area contributed by atoms with E-state index < -0.39 is 0 Å². The van der Waals surface area contributed by atoms with Gasteiger partial charge in [0, 0.05) is 19.2 Å². The first kappa shape index (κ1) is 14.2. The number of amides is 1. The van der Waals surface area contributed by atoms with Crippen molar-refractivity contribution in [1.82, 2.24) is 15.3 Å². The Morgan fingerprint density at radius 3 is 2.50 bits per heavy atom. The van der Waals surface area contributed by atoms with Crippen LogP contribution in [-0.4, -0.2) is 35.5 Å². The van der Waals surface area contributed by atoms with E-state index in [0.29, 0.717) is 18.2 Å². The van der Waals surface area contributed by atoms with Crippen LogP contribution >= 0.6 is 0 Å². The molecule has 0 radical (unpaired) electrons. The predicted octanol–water partition coefficient (Wildman–Crippen LogP) is 1.15. The van der Waals surface area contributed by atoms with Gasteiger partial charge < -0.3 is 16.0 Å².